The Morgan fingerprint density at radius 2 is 1.81 bits per heavy atom. The predicted molar refractivity (Wildman–Crippen MR) is 116 cm³/mol. The third kappa shape index (κ3) is 4.91. The van der Waals surface area contributed by atoms with E-state index in [2.05, 4.69) is 10.3 Å². The van der Waals surface area contributed by atoms with Crippen LogP contribution in [0.2, 0.25) is 5.02 Å². The topological polar surface area (TPSA) is 73.2 Å². The zero-order chi connectivity index (χ0) is 23.3. The van der Waals surface area contributed by atoms with Crippen LogP contribution in [0, 0.1) is 11.6 Å². The highest BCUT2D eigenvalue weighted by Gasteiger charge is 2.21. The molecule has 9 heteroatoms. The summed E-state index contributed by atoms with van der Waals surface area (Å²) in [6, 6.07) is 7.11. The van der Waals surface area contributed by atoms with E-state index in [1.54, 1.807) is 0 Å². The van der Waals surface area contributed by atoms with E-state index in [-0.39, 0.29) is 33.6 Å². The van der Waals surface area contributed by atoms with Gasteiger partial charge in [0.05, 0.1) is 24.0 Å². The summed E-state index contributed by atoms with van der Waals surface area (Å²) in [5, 5.41) is 2.81. The number of amides is 1. The number of imidazole rings is 1. The number of halogens is 3. The van der Waals surface area contributed by atoms with Crippen molar-refractivity contribution >= 4 is 29.0 Å². The maximum absolute atomic E-state index is 14.4. The van der Waals surface area contributed by atoms with E-state index >= 15 is 0 Å². The first-order valence-corrected chi connectivity index (χ1v) is 9.78. The van der Waals surface area contributed by atoms with Crippen LogP contribution in [0.25, 0.3) is 11.3 Å². The van der Waals surface area contributed by atoms with Crippen LogP contribution in [0.5, 0.6) is 5.75 Å². The molecule has 0 bridgehead atoms. The molecule has 0 spiro atoms. The number of nitrogens with one attached hydrogen (secondary N) is 1. The number of aromatic nitrogens is 2. The summed E-state index contributed by atoms with van der Waals surface area (Å²) in [5.41, 5.74) is 0.836. The molecule has 0 saturated carbocycles. The van der Waals surface area contributed by atoms with E-state index in [0.717, 1.165) is 0 Å². The van der Waals surface area contributed by atoms with Crippen molar-refractivity contribution in [2.75, 3.05) is 12.4 Å². The molecule has 0 radical (unpaired) electrons. The maximum Gasteiger partial charge on any atom is 0.291 e. The van der Waals surface area contributed by atoms with Gasteiger partial charge in [0.15, 0.2) is 23.2 Å². The second kappa shape index (κ2) is 10.2. The minimum atomic E-state index is -1.13. The molecular formula is C22H22ClF2N3O3. The lowest BCUT2D eigenvalue weighted by atomic mass is 10.1. The quantitative estimate of drug-likeness (QED) is 0.521. The fraction of sp³-hybridized carbons (Fsp3) is 0.227. The number of anilines is 1. The largest absolute Gasteiger partial charge is 0.494 e. The molecule has 164 valence electrons. The summed E-state index contributed by atoms with van der Waals surface area (Å²) >= 11 is 6.05. The molecular weight excluding hydrogens is 428 g/mol. The standard InChI is InChI=1S/C20H16ClF2N3O3.C2H6/c1-10(27)12-5-4-11(8-14(12)21)25-20(28)19-24-9-15(26(19)2)13-6-7-16(29-3)18(23)17(13)22;1-2/h4-9H,1-3H3,(H,25,28);1-2H3. The molecule has 0 atom stereocenters. The van der Waals surface area contributed by atoms with E-state index < -0.39 is 17.5 Å². The van der Waals surface area contributed by atoms with E-state index in [0.29, 0.717) is 11.3 Å². The fourth-order valence-corrected chi connectivity index (χ4v) is 3.14. The first-order chi connectivity index (χ1) is 14.7. The zero-order valence-electron chi connectivity index (χ0n) is 17.7. The third-order valence-electron chi connectivity index (χ3n) is 4.34. The Balaban J connectivity index is 0.00000166. The number of hydrogen-bond donors (Lipinski definition) is 1. The molecule has 0 unspecified atom stereocenters. The first-order valence-electron chi connectivity index (χ1n) is 9.40. The number of methoxy groups -OCH3 is 1. The predicted octanol–water partition coefficient (Wildman–Crippen LogP) is 5.51. The van der Waals surface area contributed by atoms with E-state index in [1.165, 1.54) is 62.2 Å². The number of carbonyl (C=O) groups is 2. The van der Waals surface area contributed by atoms with Gasteiger partial charge in [-0.2, -0.15) is 4.39 Å². The normalized spacial score (nSPS) is 10.2. The Hall–Kier alpha value is -3.26. The Kier molecular flexibility index (Phi) is 7.88. The molecule has 1 heterocycles. The van der Waals surface area contributed by atoms with Gasteiger partial charge in [0.1, 0.15) is 0 Å². The number of nitrogens with zero attached hydrogens (tertiary/aromatic N) is 2. The van der Waals surface area contributed by atoms with Crippen molar-refractivity contribution in [1.82, 2.24) is 9.55 Å². The lowest BCUT2D eigenvalue weighted by Gasteiger charge is -2.10. The second-order valence-electron chi connectivity index (χ2n) is 6.17. The van der Waals surface area contributed by atoms with Crippen LogP contribution in [0.4, 0.5) is 14.5 Å². The van der Waals surface area contributed by atoms with Gasteiger partial charge in [-0.15, -0.1) is 0 Å². The molecule has 0 fully saturated rings. The average molecular weight is 450 g/mol. The molecule has 0 aliphatic rings. The van der Waals surface area contributed by atoms with Crippen LogP contribution in [0.3, 0.4) is 0 Å². The van der Waals surface area contributed by atoms with Crippen molar-refractivity contribution < 1.29 is 23.1 Å². The summed E-state index contributed by atoms with van der Waals surface area (Å²) in [6.45, 7) is 5.38. The number of ether oxygens (including phenoxy) is 1. The van der Waals surface area contributed by atoms with Gasteiger partial charge in [0, 0.05) is 23.9 Å². The van der Waals surface area contributed by atoms with Crippen molar-refractivity contribution in [3.05, 3.63) is 64.6 Å². The van der Waals surface area contributed by atoms with Gasteiger partial charge in [-0.25, -0.2) is 9.37 Å². The molecule has 31 heavy (non-hydrogen) atoms. The van der Waals surface area contributed by atoms with Crippen LogP contribution >= 0.6 is 11.6 Å². The SMILES string of the molecule is CC.COc1ccc(-c2cnc(C(=O)Nc3ccc(C(C)=O)c(Cl)c3)n2C)c(F)c1F. The number of Topliss-reactive ketones (excluding diaryl/α,β-unsaturated/α-hetero) is 1. The third-order valence-corrected chi connectivity index (χ3v) is 4.65. The van der Waals surface area contributed by atoms with Gasteiger partial charge < -0.3 is 14.6 Å². The molecule has 0 aliphatic carbocycles. The first kappa shape index (κ1) is 24.0. The molecule has 1 aromatic heterocycles. The number of ketones is 1. The lowest BCUT2D eigenvalue weighted by Crippen LogP contribution is -2.17. The number of carbonyl (C=O) groups excluding carboxylic acids is 2. The number of hydrogen-bond acceptors (Lipinski definition) is 4. The van der Waals surface area contributed by atoms with Crippen molar-refractivity contribution in [2.45, 2.75) is 20.8 Å². The summed E-state index contributed by atoms with van der Waals surface area (Å²) in [7, 11) is 2.74. The summed E-state index contributed by atoms with van der Waals surface area (Å²) < 4.78 is 34.5. The van der Waals surface area contributed by atoms with Gasteiger partial charge >= 0.3 is 0 Å². The average Bonchev–Trinajstić information content (AvgIpc) is 3.12. The molecule has 3 aromatic rings. The number of rotatable bonds is 5. The molecule has 0 aliphatic heterocycles. The minimum Gasteiger partial charge on any atom is -0.494 e. The highest BCUT2D eigenvalue weighted by atomic mass is 35.5. The Morgan fingerprint density at radius 3 is 2.39 bits per heavy atom. The Labute approximate surface area is 183 Å². The Morgan fingerprint density at radius 1 is 1.13 bits per heavy atom. The van der Waals surface area contributed by atoms with E-state index in [4.69, 9.17) is 16.3 Å². The number of benzene rings is 2. The second-order valence-corrected chi connectivity index (χ2v) is 6.58. The molecule has 1 N–H and O–H groups in total. The van der Waals surface area contributed by atoms with E-state index in [1.807, 2.05) is 13.8 Å². The summed E-state index contributed by atoms with van der Waals surface area (Å²) in [5.74, 6) is -3.27. The van der Waals surface area contributed by atoms with Crippen LogP contribution < -0.4 is 10.1 Å². The van der Waals surface area contributed by atoms with Crippen LogP contribution in [-0.4, -0.2) is 28.4 Å². The van der Waals surface area contributed by atoms with Gasteiger partial charge in [-0.1, -0.05) is 25.4 Å². The minimum absolute atomic E-state index is 0.0256. The zero-order valence-corrected chi connectivity index (χ0v) is 18.5. The van der Waals surface area contributed by atoms with Crippen LogP contribution in [-0.2, 0) is 7.05 Å². The smallest absolute Gasteiger partial charge is 0.291 e. The maximum atomic E-state index is 14.4. The van der Waals surface area contributed by atoms with Crippen LogP contribution in [0.15, 0.2) is 36.5 Å². The monoisotopic (exact) mass is 449 g/mol. The summed E-state index contributed by atoms with van der Waals surface area (Å²) in [4.78, 5) is 28.0. The van der Waals surface area contributed by atoms with Crippen molar-refractivity contribution in [3.63, 3.8) is 0 Å². The van der Waals surface area contributed by atoms with Crippen molar-refractivity contribution in [2.24, 2.45) is 7.05 Å². The molecule has 3 rings (SSSR count). The van der Waals surface area contributed by atoms with Gasteiger partial charge in [-0.05, 0) is 37.3 Å². The van der Waals surface area contributed by atoms with Crippen LogP contribution in [0.1, 0.15) is 41.7 Å². The van der Waals surface area contributed by atoms with Gasteiger partial charge in [0.25, 0.3) is 5.91 Å². The molecule has 6 nitrogen and oxygen atoms in total. The van der Waals surface area contributed by atoms with Crippen molar-refractivity contribution in [3.8, 4) is 17.0 Å². The van der Waals surface area contributed by atoms with Crippen molar-refractivity contribution in [1.29, 1.82) is 0 Å². The molecule has 0 saturated heterocycles. The summed E-state index contributed by atoms with van der Waals surface area (Å²) in [6.07, 6.45) is 1.27. The highest BCUT2D eigenvalue weighted by Crippen LogP contribution is 2.30. The Bertz CT molecular complexity index is 1130. The fourth-order valence-electron chi connectivity index (χ4n) is 2.82. The van der Waals surface area contributed by atoms with E-state index in [9.17, 15) is 18.4 Å². The highest BCUT2D eigenvalue weighted by molar-refractivity contribution is 6.34. The molecule has 1 amide bonds. The molecule has 2 aromatic carbocycles. The van der Waals surface area contributed by atoms with Gasteiger partial charge in [0.2, 0.25) is 5.82 Å². The lowest BCUT2D eigenvalue weighted by molar-refractivity contribution is 0.100. The van der Waals surface area contributed by atoms with Gasteiger partial charge in [-0.3, -0.25) is 9.59 Å².